The molecule has 0 saturated carbocycles. The number of carboxylic acids is 1. The topological polar surface area (TPSA) is 79.7 Å². The molecule has 2 atom stereocenters. The fourth-order valence-corrected chi connectivity index (χ4v) is 3.98. The summed E-state index contributed by atoms with van der Waals surface area (Å²) < 4.78 is 47.9. The van der Waals surface area contributed by atoms with E-state index in [2.05, 4.69) is 4.98 Å². The molecule has 1 aromatic heterocycles. The van der Waals surface area contributed by atoms with Crippen LogP contribution in [0.15, 0.2) is 60.8 Å². The average molecular weight is 500 g/mol. The fraction of sp³-hybridized carbons (Fsp3) is 0.217. The predicted octanol–water partition coefficient (Wildman–Crippen LogP) is 6.36. The first kappa shape index (κ1) is 24.8. The zero-order valence-electron chi connectivity index (χ0n) is 17.1. The number of aromatic nitrogens is 1. The van der Waals surface area contributed by atoms with E-state index in [4.69, 9.17) is 33.0 Å². The number of aliphatic carboxylic acids is 1. The number of aliphatic hydroxyl groups is 1. The van der Waals surface area contributed by atoms with E-state index in [-0.39, 0.29) is 27.9 Å². The summed E-state index contributed by atoms with van der Waals surface area (Å²) in [5, 5.41) is 19.5. The predicted molar refractivity (Wildman–Crippen MR) is 117 cm³/mol. The van der Waals surface area contributed by atoms with E-state index in [0.29, 0.717) is 11.3 Å². The van der Waals surface area contributed by atoms with Crippen LogP contribution in [-0.4, -0.2) is 27.3 Å². The monoisotopic (exact) mass is 499 g/mol. The maximum Gasteiger partial charge on any atom is 0.422 e. The highest BCUT2D eigenvalue weighted by Crippen LogP contribution is 2.50. The number of benzene rings is 2. The van der Waals surface area contributed by atoms with Gasteiger partial charge in [-0.2, -0.15) is 13.2 Å². The van der Waals surface area contributed by atoms with Gasteiger partial charge in [-0.05, 0) is 53.1 Å². The largest absolute Gasteiger partial charge is 0.481 e. The lowest BCUT2D eigenvalue weighted by Gasteiger charge is -2.37. The Labute approximate surface area is 197 Å². The molecule has 2 N–H and O–H groups in total. The van der Waals surface area contributed by atoms with Crippen molar-refractivity contribution in [3.63, 3.8) is 0 Å². The fourth-order valence-electron chi connectivity index (χ4n) is 3.48. The lowest BCUT2D eigenvalue weighted by Crippen LogP contribution is -2.46. The van der Waals surface area contributed by atoms with Gasteiger partial charge in [0.2, 0.25) is 0 Å². The van der Waals surface area contributed by atoms with E-state index in [1.807, 2.05) is 0 Å². The molecule has 0 bridgehead atoms. The highest BCUT2D eigenvalue weighted by molar-refractivity contribution is 6.31. The van der Waals surface area contributed by atoms with Gasteiger partial charge in [0.25, 0.3) is 0 Å². The van der Waals surface area contributed by atoms with Crippen molar-refractivity contribution in [2.24, 2.45) is 0 Å². The van der Waals surface area contributed by atoms with E-state index in [1.54, 1.807) is 18.2 Å². The Balaban J connectivity index is 1.93. The van der Waals surface area contributed by atoms with Crippen LogP contribution in [0.25, 0.3) is 0 Å². The Morgan fingerprint density at radius 2 is 1.79 bits per heavy atom. The number of alkyl halides is 3. The summed E-state index contributed by atoms with van der Waals surface area (Å²) in [5.41, 5.74) is -3.19. The quantitative estimate of drug-likeness (QED) is 0.369. The molecular weight excluding hydrogens is 482 g/mol. The second-order valence-electron chi connectivity index (χ2n) is 7.36. The molecule has 0 aliphatic heterocycles. The molecule has 33 heavy (non-hydrogen) atoms. The van der Waals surface area contributed by atoms with Crippen LogP contribution in [0, 0.1) is 0 Å². The summed E-state index contributed by atoms with van der Waals surface area (Å²) in [4.78, 5) is 14.6. The number of carbonyl (C=O) groups is 1. The van der Waals surface area contributed by atoms with Gasteiger partial charge >= 0.3 is 12.1 Å². The zero-order chi connectivity index (χ0) is 24.4. The number of pyridine rings is 1. The first-order valence-electron chi connectivity index (χ1n) is 9.61. The van der Waals surface area contributed by atoms with Gasteiger partial charge in [-0.25, -0.2) is 4.98 Å². The molecule has 5 nitrogen and oxygen atoms in total. The first-order valence-corrected chi connectivity index (χ1v) is 10.4. The summed E-state index contributed by atoms with van der Waals surface area (Å²) in [5.74, 6) is -1.94. The molecule has 3 rings (SSSR count). The average Bonchev–Trinajstić information content (AvgIpc) is 2.72. The number of ether oxygens (including phenoxy) is 1. The smallest absolute Gasteiger partial charge is 0.422 e. The Kier molecular flexibility index (Phi) is 7.21. The lowest BCUT2D eigenvalue weighted by molar-refractivity contribution is -0.274. The van der Waals surface area contributed by atoms with Gasteiger partial charge in [-0.15, -0.1) is 0 Å². The zero-order valence-corrected chi connectivity index (χ0v) is 18.6. The van der Waals surface area contributed by atoms with Gasteiger partial charge < -0.3 is 14.9 Å². The number of nitrogens with zero attached hydrogens (tertiary/aromatic N) is 1. The van der Waals surface area contributed by atoms with Crippen molar-refractivity contribution in [2.75, 3.05) is 0 Å². The molecule has 1 heterocycles. The molecular formula is C23H18Cl2F3NO4. The van der Waals surface area contributed by atoms with Crippen LogP contribution < -0.4 is 4.74 Å². The number of halogens is 5. The molecule has 0 saturated heterocycles. The van der Waals surface area contributed by atoms with E-state index in [1.165, 1.54) is 31.2 Å². The van der Waals surface area contributed by atoms with Gasteiger partial charge in [0.05, 0.1) is 6.42 Å². The minimum atomic E-state index is -5.04. The summed E-state index contributed by atoms with van der Waals surface area (Å²) in [7, 11) is 0. The molecule has 3 aromatic rings. The second-order valence-corrected chi connectivity index (χ2v) is 8.15. The molecule has 2 unspecified atom stereocenters. The molecule has 0 fully saturated rings. The molecule has 0 spiro atoms. The number of carboxylic acid groups (broad SMARTS) is 1. The normalized spacial score (nSPS) is 14.4. The molecule has 2 aromatic carbocycles. The van der Waals surface area contributed by atoms with E-state index in [0.717, 1.165) is 18.3 Å². The highest BCUT2D eigenvalue weighted by Gasteiger charge is 2.59. The van der Waals surface area contributed by atoms with Gasteiger partial charge in [-0.3, -0.25) is 4.79 Å². The first-order chi connectivity index (χ1) is 15.4. The maximum absolute atomic E-state index is 14.1. The van der Waals surface area contributed by atoms with Crippen LogP contribution in [-0.2, 0) is 16.8 Å². The van der Waals surface area contributed by atoms with Crippen molar-refractivity contribution in [3.8, 4) is 11.5 Å². The van der Waals surface area contributed by atoms with Crippen LogP contribution in [0.1, 0.15) is 29.5 Å². The van der Waals surface area contributed by atoms with Crippen LogP contribution in [0.4, 0.5) is 13.2 Å². The van der Waals surface area contributed by atoms with Crippen LogP contribution in [0.3, 0.4) is 0 Å². The van der Waals surface area contributed by atoms with E-state index in [9.17, 15) is 23.1 Å². The van der Waals surface area contributed by atoms with Crippen molar-refractivity contribution >= 4 is 29.2 Å². The van der Waals surface area contributed by atoms with Crippen molar-refractivity contribution in [3.05, 3.63) is 87.7 Å². The van der Waals surface area contributed by atoms with Gasteiger partial charge in [0, 0.05) is 17.1 Å². The Morgan fingerprint density at radius 1 is 1.09 bits per heavy atom. The maximum atomic E-state index is 14.1. The standard InChI is InChI=1S/C23H18Cl2F3NO4/c1-13(22(32,23(26,27)28)15-7-8-29-20(25)11-15)18-6-5-17(12-19(18)24)33-16-4-2-3-14(9-16)10-21(30)31/h2-9,11-13,32H,10H2,1H3,(H,30,31). The van der Waals surface area contributed by atoms with Gasteiger partial charge in [0.15, 0.2) is 5.60 Å². The van der Waals surface area contributed by atoms with E-state index >= 15 is 0 Å². The lowest BCUT2D eigenvalue weighted by atomic mass is 9.78. The highest BCUT2D eigenvalue weighted by atomic mass is 35.5. The van der Waals surface area contributed by atoms with Gasteiger partial charge in [0.1, 0.15) is 16.7 Å². The van der Waals surface area contributed by atoms with Crippen molar-refractivity contribution in [1.29, 1.82) is 0 Å². The third-order valence-corrected chi connectivity index (χ3v) is 5.69. The van der Waals surface area contributed by atoms with E-state index < -0.39 is 29.2 Å². The van der Waals surface area contributed by atoms with Crippen LogP contribution in [0.2, 0.25) is 10.2 Å². The third kappa shape index (κ3) is 5.40. The molecule has 0 radical (unpaired) electrons. The number of hydrogen-bond acceptors (Lipinski definition) is 4. The minimum absolute atomic E-state index is 0.0383. The number of hydrogen-bond donors (Lipinski definition) is 2. The third-order valence-electron chi connectivity index (χ3n) is 5.15. The molecule has 0 amide bonds. The Morgan fingerprint density at radius 3 is 2.39 bits per heavy atom. The van der Waals surface area contributed by atoms with Crippen molar-refractivity contribution in [2.45, 2.75) is 31.0 Å². The summed E-state index contributed by atoms with van der Waals surface area (Å²) in [6.45, 7) is 1.21. The summed E-state index contributed by atoms with van der Waals surface area (Å²) in [6, 6.07) is 12.5. The molecule has 0 aliphatic rings. The molecule has 10 heteroatoms. The van der Waals surface area contributed by atoms with Crippen LogP contribution >= 0.6 is 23.2 Å². The molecule has 0 aliphatic carbocycles. The summed E-state index contributed by atoms with van der Waals surface area (Å²) in [6.07, 6.45) is -4.15. The molecule has 174 valence electrons. The second kappa shape index (κ2) is 9.59. The Hall–Kier alpha value is -2.81. The minimum Gasteiger partial charge on any atom is -0.481 e. The van der Waals surface area contributed by atoms with Crippen LogP contribution in [0.5, 0.6) is 11.5 Å². The van der Waals surface area contributed by atoms with Crippen molar-refractivity contribution in [1.82, 2.24) is 4.98 Å². The summed E-state index contributed by atoms with van der Waals surface area (Å²) >= 11 is 12.0. The SMILES string of the molecule is CC(c1ccc(Oc2cccc(CC(=O)O)c2)cc1Cl)C(O)(c1ccnc(Cl)c1)C(F)(F)F. The number of rotatable bonds is 7. The van der Waals surface area contributed by atoms with Gasteiger partial charge in [-0.1, -0.05) is 48.3 Å². The van der Waals surface area contributed by atoms with Crippen molar-refractivity contribution < 1.29 is 32.9 Å². The Bertz CT molecular complexity index is 1170.